The monoisotopic (exact) mass is 490 g/mol. The molecular weight excluding hydrogens is 455 g/mol. The van der Waals surface area contributed by atoms with E-state index in [1.54, 1.807) is 11.2 Å². The van der Waals surface area contributed by atoms with Crippen molar-refractivity contribution >= 4 is 35.8 Å². The Hall–Kier alpha value is -1.25. The lowest BCUT2D eigenvalue weighted by atomic mass is 9.85. The highest BCUT2D eigenvalue weighted by molar-refractivity contribution is 14.0. The van der Waals surface area contributed by atoms with Gasteiger partial charge in [0.15, 0.2) is 5.96 Å². The number of halogens is 1. The van der Waals surface area contributed by atoms with E-state index in [0.29, 0.717) is 12.5 Å². The van der Waals surface area contributed by atoms with Crippen molar-refractivity contribution in [3.63, 3.8) is 0 Å². The van der Waals surface area contributed by atoms with Crippen molar-refractivity contribution in [2.75, 3.05) is 33.7 Å². The Labute approximate surface area is 180 Å². The summed E-state index contributed by atoms with van der Waals surface area (Å²) >= 11 is 0. The molecule has 1 aliphatic carbocycles. The number of carbonyl (C=O) groups is 1. The van der Waals surface area contributed by atoms with Crippen molar-refractivity contribution < 1.29 is 9.21 Å². The number of rotatable bonds is 8. The molecule has 2 N–H and O–H groups in total. The van der Waals surface area contributed by atoms with Gasteiger partial charge in [-0.2, -0.15) is 0 Å². The van der Waals surface area contributed by atoms with Crippen LogP contribution in [0.2, 0.25) is 0 Å². The predicted molar refractivity (Wildman–Crippen MR) is 121 cm³/mol. The second-order valence-corrected chi connectivity index (χ2v) is 7.88. The fraction of sp³-hybridized carbons (Fsp3) is 0.700. The van der Waals surface area contributed by atoms with E-state index in [-0.39, 0.29) is 35.3 Å². The topological polar surface area (TPSA) is 69.9 Å². The fourth-order valence-electron chi connectivity index (χ4n) is 3.43. The maximum atomic E-state index is 12.7. The average Bonchev–Trinajstić information content (AvgIpc) is 3.28. The summed E-state index contributed by atoms with van der Waals surface area (Å²) in [4.78, 5) is 19.2. The van der Waals surface area contributed by atoms with Crippen molar-refractivity contribution in [3.8, 4) is 0 Å². The smallest absolute Gasteiger partial charge is 0.230 e. The van der Waals surface area contributed by atoms with Crippen LogP contribution in [0.4, 0.5) is 0 Å². The number of guanidine groups is 1. The molecule has 1 amide bonds. The van der Waals surface area contributed by atoms with Crippen LogP contribution in [0.25, 0.3) is 0 Å². The zero-order valence-corrected chi connectivity index (χ0v) is 19.4. The second-order valence-electron chi connectivity index (χ2n) is 7.88. The molecule has 154 valence electrons. The first kappa shape index (κ1) is 23.8. The summed E-state index contributed by atoms with van der Waals surface area (Å²) in [5, 5.41) is 6.77. The van der Waals surface area contributed by atoms with Crippen LogP contribution in [0.15, 0.2) is 27.8 Å². The van der Waals surface area contributed by atoms with Gasteiger partial charge in [-0.1, -0.05) is 26.7 Å². The van der Waals surface area contributed by atoms with Gasteiger partial charge in [0.25, 0.3) is 0 Å². The largest absolute Gasteiger partial charge is 0.469 e. The van der Waals surface area contributed by atoms with Gasteiger partial charge in [0.2, 0.25) is 5.91 Å². The summed E-state index contributed by atoms with van der Waals surface area (Å²) in [7, 11) is 3.68. The third kappa shape index (κ3) is 7.35. The summed E-state index contributed by atoms with van der Waals surface area (Å²) in [5.41, 5.74) is -0.336. The Morgan fingerprint density at radius 3 is 2.56 bits per heavy atom. The standard InChI is InChI=1S/C20H34N4O2.HI/c1-16(2)14-22-19(21-12-9-17-8-7-13-26-17)23-15-20(10-5-6-11-20)18(25)24(3)4;/h7-8,13,16H,5-6,9-12,14-15H2,1-4H3,(H2,21,22,23);1H. The normalized spacial score (nSPS) is 16.1. The van der Waals surface area contributed by atoms with Crippen molar-refractivity contribution in [1.82, 2.24) is 15.5 Å². The minimum atomic E-state index is -0.336. The predicted octanol–water partition coefficient (Wildman–Crippen LogP) is 3.28. The van der Waals surface area contributed by atoms with Crippen LogP contribution in [-0.2, 0) is 11.2 Å². The first-order valence-corrected chi connectivity index (χ1v) is 9.69. The van der Waals surface area contributed by atoms with E-state index in [9.17, 15) is 4.79 Å². The van der Waals surface area contributed by atoms with Crippen LogP contribution < -0.4 is 10.6 Å². The van der Waals surface area contributed by atoms with Crippen LogP contribution in [0.5, 0.6) is 0 Å². The first-order chi connectivity index (χ1) is 12.4. The summed E-state index contributed by atoms with van der Waals surface area (Å²) in [6.45, 7) is 6.47. The molecule has 27 heavy (non-hydrogen) atoms. The molecule has 0 bridgehead atoms. The molecule has 0 spiro atoms. The highest BCUT2D eigenvalue weighted by Crippen LogP contribution is 2.39. The average molecular weight is 490 g/mol. The van der Waals surface area contributed by atoms with Gasteiger partial charge in [0.05, 0.1) is 18.2 Å². The lowest BCUT2D eigenvalue weighted by Gasteiger charge is -2.29. The number of carbonyl (C=O) groups excluding carboxylic acids is 1. The van der Waals surface area contributed by atoms with Gasteiger partial charge < -0.3 is 20.0 Å². The Kier molecular flexibility index (Phi) is 10.2. The third-order valence-corrected chi connectivity index (χ3v) is 4.88. The SMILES string of the molecule is CC(C)CNC(=NCC1(C(=O)N(C)C)CCCC1)NCCc1ccco1.I. The van der Waals surface area contributed by atoms with Crippen molar-refractivity contribution in [1.29, 1.82) is 0 Å². The minimum Gasteiger partial charge on any atom is -0.469 e. The summed E-state index contributed by atoms with van der Waals surface area (Å²) < 4.78 is 5.38. The molecule has 2 rings (SSSR count). The molecule has 1 aromatic heterocycles. The number of amides is 1. The first-order valence-electron chi connectivity index (χ1n) is 9.69. The lowest BCUT2D eigenvalue weighted by Crippen LogP contribution is -2.44. The molecule has 0 unspecified atom stereocenters. The molecule has 0 atom stereocenters. The number of hydrogen-bond donors (Lipinski definition) is 2. The molecule has 1 saturated carbocycles. The van der Waals surface area contributed by atoms with Gasteiger partial charge in [-0.3, -0.25) is 9.79 Å². The summed E-state index contributed by atoms with van der Waals surface area (Å²) in [6.07, 6.45) is 6.56. The lowest BCUT2D eigenvalue weighted by molar-refractivity contribution is -0.138. The van der Waals surface area contributed by atoms with E-state index in [2.05, 4.69) is 24.5 Å². The highest BCUT2D eigenvalue weighted by atomic mass is 127. The van der Waals surface area contributed by atoms with E-state index in [1.807, 2.05) is 26.2 Å². The van der Waals surface area contributed by atoms with Gasteiger partial charge in [-0.05, 0) is 30.9 Å². The third-order valence-electron chi connectivity index (χ3n) is 4.88. The van der Waals surface area contributed by atoms with Crippen molar-refractivity contribution in [3.05, 3.63) is 24.2 Å². The van der Waals surface area contributed by atoms with Crippen molar-refractivity contribution in [2.24, 2.45) is 16.3 Å². The van der Waals surface area contributed by atoms with E-state index in [1.165, 1.54) is 0 Å². The van der Waals surface area contributed by atoms with E-state index >= 15 is 0 Å². The van der Waals surface area contributed by atoms with Gasteiger partial charge in [0, 0.05) is 33.6 Å². The van der Waals surface area contributed by atoms with E-state index in [4.69, 9.17) is 9.41 Å². The highest BCUT2D eigenvalue weighted by Gasteiger charge is 2.42. The molecule has 7 heteroatoms. The van der Waals surface area contributed by atoms with E-state index in [0.717, 1.165) is 56.9 Å². The Morgan fingerprint density at radius 1 is 1.30 bits per heavy atom. The number of furan rings is 1. The molecule has 0 radical (unpaired) electrons. The molecule has 0 saturated heterocycles. The van der Waals surface area contributed by atoms with Gasteiger partial charge in [-0.25, -0.2) is 0 Å². The summed E-state index contributed by atoms with van der Waals surface area (Å²) in [5.74, 6) is 2.47. The number of nitrogens with zero attached hydrogens (tertiary/aromatic N) is 2. The van der Waals surface area contributed by atoms with Gasteiger partial charge in [-0.15, -0.1) is 24.0 Å². The zero-order valence-electron chi connectivity index (χ0n) is 17.1. The van der Waals surface area contributed by atoms with Crippen molar-refractivity contribution in [2.45, 2.75) is 46.0 Å². The van der Waals surface area contributed by atoms with E-state index < -0.39 is 0 Å². The van der Waals surface area contributed by atoms with Gasteiger partial charge >= 0.3 is 0 Å². The molecule has 0 aromatic carbocycles. The Balaban J connectivity index is 0.00000364. The Bertz CT molecular complexity index is 579. The number of hydrogen-bond acceptors (Lipinski definition) is 3. The second kappa shape index (κ2) is 11.6. The van der Waals surface area contributed by atoms with Crippen LogP contribution in [0.1, 0.15) is 45.3 Å². The molecular formula is C20H35IN4O2. The molecule has 6 nitrogen and oxygen atoms in total. The minimum absolute atomic E-state index is 0. The molecule has 1 aliphatic rings. The maximum absolute atomic E-state index is 12.7. The summed E-state index contributed by atoms with van der Waals surface area (Å²) in [6, 6.07) is 3.88. The fourth-order valence-corrected chi connectivity index (χ4v) is 3.43. The van der Waals surface area contributed by atoms with Crippen LogP contribution in [0, 0.1) is 11.3 Å². The van der Waals surface area contributed by atoms with Crippen LogP contribution in [-0.4, -0.2) is 50.5 Å². The molecule has 1 heterocycles. The van der Waals surface area contributed by atoms with Crippen LogP contribution in [0.3, 0.4) is 0 Å². The van der Waals surface area contributed by atoms with Gasteiger partial charge in [0.1, 0.15) is 5.76 Å². The Morgan fingerprint density at radius 2 is 2.00 bits per heavy atom. The molecule has 0 aliphatic heterocycles. The molecule has 1 fully saturated rings. The quantitative estimate of drug-likeness (QED) is 0.334. The van der Waals surface area contributed by atoms with Crippen LogP contribution >= 0.6 is 24.0 Å². The zero-order chi connectivity index (χ0) is 19.0. The maximum Gasteiger partial charge on any atom is 0.230 e. The number of nitrogens with one attached hydrogen (secondary N) is 2. The molecule has 1 aromatic rings. The number of aliphatic imine (C=N–C) groups is 1.